The van der Waals surface area contributed by atoms with Gasteiger partial charge in [0.15, 0.2) is 0 Å². The van der Waals surface area contributed by atoms with Gasteiger partial charge in [-0.05, 0) is 0 Å². The Balaban J connectivity index is 2.80. The van der Waals surface area contributed by atoms with Gasteiger partial charge in [-0.2, -0.15) is 0 Å². The van der Waals surface area contributed by atoms with E-state index in [-0.39, 0.29) is 0 Å². The van der Waals surface area contributed by atoms with Crippen molar-refractivity contribution in [2.24, 2.45) is 0 Å². The summed E-state index contributed by atoms with van der Waals surface area (Å²) < 4.78 is 3.66. The van der Waals surface area contributed by atoms with Crippen LogP contribution in [-0.2, 0) is 6.42 Å². The SMILES string of the molecule is C=CCc1nnsc1N. The van der Waals surface area contributed by atoms with E-state index in [1.54, 1.807) is 6.08 Å². The second-order valence-electron chi connectivity index (χ2n) is 1.58. The molecule has 0 aliphatic heterocycles. The fourth-order valence-corrected chi connectivity index (χ4v) is 0.951. The van der Waals surface area contributed by atoms with E-state index in [0.29, 0.717) is 11.4 Å². The van der Waals surface area contributed by atoms with Crippen LogP contribution in [0.4, 0.5) is 5.00 Å². The lowest BCUT2D eigenvalue weighted by molar-refractivity contribution is 1.04. The van der Waals surface area contributed by atoms with Gasteiger partial charge in [-0.25, -0.2) is 0 Å². The molecule has 0 aliphatic rings. The maximum Gasteiger partial charge on any atom is 0.131 e. The van der Waals surface area contributed by atoms with Crippen molar-refractivity contribution in [3.05, 3.63) is 18.3 Å². The van der Waals surface area contributed by atoms with E-state index in [2.05, 4.69) is 16.2 Å². The Labute approximate surface area is 57.4 Å². The summed E-state index contributed by atoms with van der Waals surface area (Å²) in [7, 11) is 0. The Bertz CT molecular complexity index is 206. The highest BCUT2D eigenvalue weighted by Crippen LogP contribution is 2.12. The molecule has 9 heavy (non-hydrogen) atoms. The summed E-state index contributed by atoms with van der Waals surface area (Å²) in [6.07, 6.45) is 2.47. The Hall–Kier alpha value is -0.900. The highest BCUT2D eigenvalue weighted by molar-refractivity contribution is 7.09. The monoisotopic (exact) mass is 141 g/mol. The minimum absolute atomic E-state index is 0.690. The highest BCUT2D eigenvalue weighted by atomic mass is 32.1. The third-order valence-electron chi connectivity index (χ3n) is 0.923. The number of aromatic nitrogens is 2. The normalized spacial score (nSPS) is 9.33. The van der Waals surface area contributed by atoms with E-state index in [0.717, 1.165) is 5.69 Å². The summed E-state index contributed by atoms with van der Waals surface area (Å²) in [5.41, 5.74) is 6.30. The van der Waals surface area contributed by atoms with Gasteiger partial charge in [0.2, 0.25) is 0 Å². The molecule has 0 aliphatic carbocycles. The number of hydrogen-bond acceptors (Lipinski definition) is 4. The van der Waals surface area contributed by atoms with Gasteiger partial charge < -0.3 is 5.73 Å². The van der Waals surface area contributed by atoms with Gasteiger partial charge in [-0.15, -0.1) is 11.7 Å². The van der Waals surface area contributed by atoms with Crippen LogP contribution in [0.3, 0.4) is 0 Å². The van der Waals surface area contributed by atoms with E-state index >= 15 is 0 Å². The molecule has 0 spiro atoms. The first kappa shape index (κ1) is 6.22. The molecule has 2 N–H and O–H groups in total. The molecular weight excluding hydrogens is 134 g/mol. The van der Waals surface area contributed by atoms with Gasteiger partial charge in [0.1, 0.15) is 10.7 Å². The van der Waals surface area contributed by atoms with Crippen LogP contribution in [0.2, 0.25) is 0 Å². The van der Waals surface area contributed by atoms with Gasteiger partial charge in [0.05, 0.1) is 0 Å². The van der Waals surface area contributed by atoms with Gasteiger partial charge in [-0.3, -0.25) is 0 Å². The summed E-state index contributed by atoms with van der Waals surface area (Å²) in [6, 6.07) is 0. The smallest absolute Gasteiger partial charge is 0.131 e. The number of rotatable bonds is 2. The molecule has 4 heteroatoms. The number of hydrogen-bond donors (Lipinski definition) is 1. The lowest BCUT2D eigenvalue weighted by Crippen LogP contribution is -1.87. The largest absolute Gasteiger partial charge is 0.388 e. The standard InChI is InChI=1S/C5H7N3S/c1-2-3-4-5(6)9-8-7-4/h2H,1,3,6H2. The number of nitrogen functional groups attached to an aromatic ring is 1. The van der Waals surface area contributed by atoms with Crippen molar-refractivity contribution in [3.63, 3.8) is 0 Å². The second-order valence-corrected chi connectivity index (χ2v) is 2.36. The predicted octanol–water partition coefficient (Wildman–Crippen LogP) is 0.849. The van der Waals surface area contributed by atoms with E-state index in [1.165, 1.54) is 11.5 Å². The van der Waals surface area contributed by atoms with Crippen molar-refractivity contribution >= 4 is 16.5 Å². The molecule has 0 unspecified atom stereocenters. The van der Waals surface area contributed by atoms with Crippen molar-refractivity contribution in [1.82, 2.24) is 9.59 Å². The Kier molecular flexibility index (Phi) is 1.79. The van der Waals surface area contributed by atoms with Gasteiger partial charge in [0, 0.05) is 18.0 Å². The predicted molar refractivity (Wildman–Crippen MR) is 38.2 cm³/mol. The zero-order valence-corrected chi connectivity index (χ0v) is 5.69. The van der Waals surface area contributed by atoms with E-state index in [9.17, 15) is 0 Å². The minimum atomic E-state index is 0.690. The van der Waals surface area contributed by atoms with Gasteiger partial charge >= 0.3 is 0 Å². The fraction of sp³-hybridized carbons (Fsp3) is 0.200. The summed E-state index contributed by atoms with van der Waals surface area (Å²) in [5.74, 6) is 0. The molecule has 0 aromatic carbocycles. The Morgan fingerprint density at radius 2 is 2.56 bits per heavy atom. The quantitative estimate of drug-likeness (QED) is 0.621. The van der Waals surface area contributed by atoms with Crippen LogP contribution in [0.25, 0.3) is 0 Å². The van der Waals surface area contributed by atoms with Crippen LogP contribution in [0.5, 0.6) is 0 Å². The number of nitrogens with zero attached hydrogens (tertiary/aromatic N) is 2. The molecular formula is C5H7N3S. The summed E-state index contributed by atoms with van der Waals surface area (Å²) in [4.78, 5) is 0. The van der Waals surface area contributed by atoms with E-state index in [1.807, 2.05) is 0 Å². The third-order valence-corrected chi connectivity index (χ3v) is 1.52. The zero-order chi connectivity index (χ0) is 6.69. The molecule has 1 heterocycles. The van der Waals surface area contributed by atoms with Crippen molar-refractivity contribution < 1.29 is 0 Å². The molecule has 0 fully saturated rings. The average molecular weight is 141 g/mol. The first-order valence-corrected chi connectivity index (χ1v) is 3.29. The van der Waals surface area contributed by atoms with Crippen molar-refractivity contribution in [2.45, 2.75) is 6.42 Å². The fourth-order valence-electron chi connectivity index (χ4n) is 0.494. The van der Waals surface area contributed by atoms with Crippen LogP contribution in [0, 0.1) is 0 Å². The molecule has 3 nitrogen and oxygen atoms in total. The molecule has 48 valence electrons. The van der Waals surface area contributed by atoms with Gasteiger partial charge in [0.25, 0.3) is 0 Å². The Morgan fingerprint density at radius 3 is 3.00 bits per heavy atom. The summed E-state index contributed by atoms with van der Waals surface area (Å²) >= 11 is 1.21. The van der Waals surface area contributed by atoms with Gasteiger partial charge in [-0.1, -0.05) is 10.6 Å². The topological polar surface area (TPSA) is 51.8 Å². The zero-order valence-electron chi connectivity index (χ0n) is 4.87. The third kappa shape index (κ3) is 1.26. The maximum absolute atomic E-state index is 5.47. The van der Waals surface area contributed by atoms with Crippen molar-refractivity contribution in [1.29, 1.82) is 0 Å². The van der Waals surface area contributed by atoms with Crippen molar-refractivity contribution in [3.8, 4) is 0 Å². The lowest BCUT2D eigenvalue weighted by Gasteiger charge is -1.85. The summed E-state index contributed by atoms with van der Waals surface area (Å²) in [5, 5.41) is 4.47. The Morgan fingerprint density at radius 1 is 1.78 bits per heavy atom. The molecule has 1 rings (SSSR count). The first-order valence-electron chi connectivity index (χ1n) is 2.52. The van der Waals surface area contributed by atoms with Crippen LogP contribution < -0.4 is 5.73 Å². The maximum atomic E-state index is 5.47. The molecule has 1 aromatic heterocycles. The van der Waals surface area contributed by atoms with Crippen molar-refractivity contribution in [2.75, 3.05) is 5.73 Å². The van der Waals surface area contributed by atoms with Crippen LogP contribution >= 0.6 is 11.5 Å². The molecule has 1 aromatic rings. The highest BCUT2D eigenvalue weighted by Gasteiger charge is 1.98. The molecule has 0 radical (unpaired) electrons. The lowest BCUT2D eigenvalue weighted by atomic mass is 10.3. The number of anilines is 1. The molecule has 0 saturated carbocycles. The van der Waals surface area contributed by atoms with Crippen LogP contribution in [0.15, 0.2) is 12.7 Å². The average Bonchev–Trinajstić information content (AvgIpc) is 2.18. The molecule has 0 atom stereocenters. The second kappa shape index (κ2) is 2.59. The van der Waals surface area contributed by atoms with E-state index < -0.39 is 0 Å². The number of nitrogens with two attached hydrogens (primary N) is 1. The van der Waals surface area contributed by atoms with Crippen LogP contribution in [0.1, 0.15) is 5.69 Å². The van der Waals surface area contributed by atoms with E-state index in [4.69, 9.17) is 5.73 Å². The molecule has 0 amide bonds. The van der Waals surface area contributed by atoms with Crippen LogP contribution in [-0.4, -0.2) is 9.59 Å². The molecule has 0 saturated heterocycles. The molecule has 0 bridgehead atoms. The minimum Gasteiger partial charge on any atom is -0.388 e. The number of allylic oxidation sites excluding steroid dienone is 1. The first-order chi connectivity index (χ1) is 4.34. The summed E-state index contributed by atoms with van der Waals surface area (Å²) in [6.45, 7) is 3.56.